The predicted octanol–water partition coefficient (Wildman–Crippen LogP) is 2.27. The average molecular weight is 290 g/mol. The number of hydrogen-bond donors (Lipinski definition) is 2. The van der Waals surface area contributed by atoms with Crippen molar-refractivity contribution < 1.29 is 9.53 Å². The molecule has 2 atom stereocenters. The Morgan fingerprint density at radius 2 is 2.24 bits per heavy atom. The number of rotatable bonds is 6. The van der Waals surface area contributed by atoms with E-state index in [1.165, 1.54) is 0 Å². The molecule has 1 aliphatic heterocycles. The highest BCUT2D eigenvalue weighted by molar-refractivity contribution is 5.76. The lowest BCUT2D eigenvalue weighted by molar-refractivity contribution is -0.122. The van der Waals surface area contributed by atoms with Crippen LogP contribution in [0.3, 0.4) is 0 Å². The summed E-state index contributed by atoms with van der Waals surface area (Å²) in [6, 6.07) is 8.27. The molecule has 2 rings (SSSR count). The minimum Gasteiger partial charge on any atom is -0.493 e. The molecule has 1 aromatic rings. The van der Waals surface area contributed by atoms with E-state index >= 15 is 0 Å². The van der Waals surface area contributed by atoms with Crippen LogP contribution in [0.1, 0.15) is 31.7 Å². The van der Waals surface area contributed by atoms with Crippen LogP contribution in [0.15, 0.2) is 24.3 Å². The van der Waals surface area contributed by atoms with Crippen LogP contribution in [-0.4, -0.2) is 31.6 Å². The van der Waals surface area contributed by atoms with E-state index in [4.69, 9.17) is 4.74 Å². The van der Waals surface area contributed by atoms with E-state index in [1.807, 2.05) is 31.2 Å². The molecule has 1 saturated heterocycles. The molecule has 0 aliphatic carbocycles. The lowest BCUT2D eigenvalue weighted by Gasteiger charge is -2.30. The number of para-hydroxylation sites is 1. The maximum absolute atomic E-state index is 11.9. The minimum absolute atomic E-state index is 0.141. The molecule has 1 amide bonds. The summed E-state index contributed by atoms with van der Waals surface area (Å²) in [5, 5.41) is 6.49. The molecular formula is C17H26N2O2. The molecule has 0 radical (unpaired) electrons. The second-order valence-electron chi connectivity index (χ2n) is 5.86. The van der Waals surface area contributed by atoms with E-state index < -0.39 is 0 Å². The average Bonchev–Trinajstić information content (AvgIpc) is 2.48. The van der Waals surface area contributed by atoms with Gasteiger partial charge >= 0.3 is 0 Å². The quantitative estimate of drug-likeness (QED) is 0.790. The summed E-state index contributed by atoms with van der Waals surface area (Å²) >= 11 is 0. The number of carbonyl (C=O) groups excluding carboxylic acids is 1. The fourth-order valence-corrected chi connectivity index (χ4v) is 2.64. The van der Waals surface area contributed by atoms with Crippen LogP contribution < -0.4 is 15.4 Å². The highest BCUT2D eigenvalue weighted by Gasteiger charge is 2.22. The molecule has 116 valence electrons. The molecule has 1 fully saturated rings. The smallest absolute Gasteiger partial charge is 0.220 e. The number of amides is 1. The summed E-state index contributed by atoms with van der Waals surface area (Å²) in [4.78, 5) is 11.9. The zero-order chi connectivity index (χ0) is 15.1. The molecule has 0 bridgehead atoms. The van der Waals surface area contributed by atoms with Gasteiger partial charge in [-0.3, -0.25) is 4.79 Å². The van der Waals surface area contributed by atoms with Crippen molar-refractivity contribution in [1.82, 2.24) is 10.6 Å². The van der Waals surface area contributed by atoms with E-state index in [1.54, 1.807) is 0 Å². The molecular weight excluding hydrogens is 264 g/mol. The number of carbonyl (C=O) groups is 1. The molecule has 1 heterocycles. The van der Waals surface area contributed by atoms with Crippen LogP contribution in [0.25, 0.3) is 0 Å². The molecule has 2 N–H and O–H groups in total. The van der Waals surface area contributed by atoms with Crippen LogP contribution in [0.4, 0.5) is 0 Å². The molecule has 0 spiro atoms. The summed E-state index contributed by atoms with van der Waals surface area (Å²) in [7, 11) is 0. The third kappa shape index (κ3) is 5.05. The second-order valence-corrected chi connectivity index (χ2v) is 5.86. The van der Waals surface area contributed by atoms with Crippen molar-refractivity contribution in [3.8, 4) is 5.75 Å². The SMILES string of the molecule is Cc1ccccc1OCCCC(=O)NC1CCNCC1C. The molecule has 0 saturated carbocycles. The highest BCUT2D eigenvalue weighted by atomic mass is 16.5. The van der Waals surface area contributed by atoms with Crippen molar-refractivity contribution in [2.24, 2.45) is 5.92 Å². The third-order valence-electron chi connectivity index (χ3n) is 4.03. The van der Waals surface area contributed by atoms with Crippen molar-refractivity contribution in [2.75, 3.05) is 19.7 Å². The Hall–Kier alpha value is -1.55. The second kappa shape index (κ2) is 8.03. The Balaban J connectivity index is 1.64. The Bertz CT molecular complexity index is 462. The van der Waals surface area contributed by atoms with Crippen molar-refractivity contribution in [2.45, 2.75) is 39.2 Å². The topological polar surface area (TPSA) is 50.4 Å². The van der Waals surface area contributed by atoms with E-state index in [-0.39, 0.29) is 5.91 Å². The first-order chi connectivity index (χ1) is 10.2. The molecule has 1 aromatic carbocycles. The largest absolute Gasteiger partial charge is 0.493 e. The van der Waals surface area contributed by atoms with Gasteiger partial charge in [-0.25, -0.2) is 0 Å². The maximum Gasteiger partial charge on any atom is 0.220 e. The molecule has 0 aromatic heterocycles. The summed E-state index contributed by atoms with van der Waals surface area (Å²) in [6.45, 7) is 6.77. The van der Waals surface area contributed by atoms with E-state index in [0.29, 0.717) is 25.0 Å². The van der Waals surface area contributed by atoms with Crippen LogP contribution in [0.5, 0.6) is 5.75 Å². The summed E-state index contributed by atoms with van der Waals surface area (Å²) in [5.41, 5.74) is 1.13. The van der Waals surface area contributed by atoms with Crippen molar-refractivity contribution in [3.05, 3.63) is 29.8 Å². The number of nitrogens with one attached hydrogen (secondary N) is 2. The lowest BCUT2D eigenvalue weighted by atomic mass is 9.95. The lowest BCUT2D eigenvalue weighted by Crippen LogP contribution is -2.48. The number of piperidine rings is 1. The van der Waals surface area contributed by atoms with Crippen molar-refractivity contribution in [1.29, 1.82) is 0 Å². The normalized spacial score (nSPS) is 21.8. The number of aryl methyl sites for hydroxylation is 1. The third-order valence-corrected chi connectivity index (χ3v) is 4.03. The predicted molar refractivity (Wildman–Crippen MR) is 84.5 cm³/mol. The van der Waals surface area contributed by atoms with Crippen LogP contribution in [0.2, 0.25) is 0 Å². The van der Waals surface area contributed by atoms with Crippen LogP contribution in [0, 0.1) is 12.8 Å². The first-order valence-electron chi connectivity index (χ1n) is 7.85. The molecule has 4 nitrogen and oxygen atoms in total. The van der Waals surface area contributed by atoms with Gasteiger partial charge in [0.15, 0.2) is 0 Å². The number of benzene rings is 1. The zero-order valence-corrected chi connectivity index (χ0v) is 13.0. The van der Waals surface area contributed by atoms with Gasteiger partial charge in [-0.2, -0.15) is 0 Å². The van der Waals surface area contributed by atoms with Crippen LogP contribution >= 0.6 is 0 Å². The van der Waals surface area contributed by atoms with Gasteiger partial charge in [0.05, 0.1) is 6.61 Å². The molecule has 21 heavy (non-hydrogen) atoms. The fraction of sp³-hybridized carbons (Fsp3) is 0.588. The Morgan fingerprint density at radius 3 is 3.00 bits per heavy atom. The van der Waals surface area contributed by atoms with Gasteiger partial charge in [-0.15, -0.1) is 0 Å². The standard InChI is InChI=1S/C17H26N2O2/c1-13-6-3-4-7-16(13)21-11-5-8-17(20)19-15-9-10-18-12-14(15)2/h3-4,6-7,14-15,18H,5,8-12H2,1-2H3,(H,19,20). The first-order valence-corrected chi connectivity index (χ1v) is 7.85. The van der Waals surface area contributed by atoms with E-state index in [0.717, 1.165) is 37.2 Å². The summed E-state index contributed by atoms with van der Waals surface area (Å²) in [5.74, 6) is 1.55. The van der Waals surface area contributed by atoms with Gasteiger partial charge < -0.3 is 15.4 Å². The Kier molecular flexibility index (Phi) is 6.05. The van der Waals surface area contributed by atoms with E-state index in [9.17, 15) is 4.79 Å². The summed E-state index contributed by atoms with van der Waals surface area (Å²) < 4.78 is 5.71. The van der Waals surface area contributed by atoms with E-state index in [2.05, 4.69) is 17.6 Å². The van der Waals surface area contributed by atoms with Gasteiger partial charge in [0, 0.05) is 12.5 Å². The Morgan fingerprint density at radius 1 is 1.43 bits per heavy atom. The number of hydrogen-bond acceptors (Lipinski definition) is 3. The summed E-state index contributed by atoms with van der Waals surface area (Å²) in [6.07, 6.45) is 2.30. The molecule has 1 aliphatic rings. The molecule has 4 heteroatoms. The van der Waals surface area contributed by atoms with Crippen molar-refractivity contribution >= 4 is 5.91 Å². The van der Waals surface area contributed by atoms with Gasteiger partial charge in [0.2, 0.25) is 5.91 Å². The van der Waals surface area contributed by atoms with Gasteiger partial charge in [-0.05, 0) is 50.4 Å². The van der Waals surface area contributed by atoms with Gasteiger partial charge in [-0.1, -0.05) is 25.1 Å². The maximum atomic E-state index is 11.9. The fourth-order valence-electron chi connectivity index (χ4n) is 2.64. The minimum atomic E-state index is 0.141. The number of ether oxygens (including phenoxy) is 1. The highest BCUT2D eigenvalue weighted by Crippen LogP contribution is 2.16. The first kappa shape index (κ1) is 15.8. The van der Waals surface area contributed by atoms with Crippen molar-refractivity contribution in [3.63, 3.8) is 0 Å². The Labute approximate surface area is 127 Å². The van der Waals surface area contributed by atoms with Gasteiger partial charge in [0.25, 0.3) is 0 Å². The van der Waals surface area contributed by atoms with Crippen LogP contribution in [-0.2, 0) is 4.79 Å². The monoisotopic (exact) mass is 290 g/mol. The van der Waals surface area contributed by atoms with Gasteiger partial charge in [0.1, 0.15) is 5.75 Å². The molecule has 2 unspecified atom stereocenters. The zero-order valence-electron chi connectivity index (χ0n) is 13.0.